The molecule has 0 aromatic rings. The number of hydrogen-bond donors (Lipinski definition) is 10. The molecule has 0 heterocycles. The lowest BCUT2D eigenvalue weighted by molar-refractivity contribution is 0.378. The number of hydrogen-bond acceptors (Lipinski definition) is 10. The summed E-state index contributed by atoms with van der Waals surface area (Å²) in [6.45, 7) is 0. The Bertz CT molecular complexity index is 618. The quantitative estimate of drug-likeness (QED) is 0.118. The predicted octanol–water partition coefficient (Wildman–Crippen LogP) is -2.70. The van der Waals surface area contributed by atoms with Gasteiger partial charge in [0, 0.05) is 0 Å². The molecule has 0 radical (unpaired) electrons. The normalized spacial score (nSPS) is 9.67. The first-order valence-electron chi connectivity index (χ1n) is 3.49. The lowest BCUT2D eigenvalue weighted by atomic mass is 15.8. The summed E-state index contributed by atoms with van der Waals surface area (Å²) in [6, 6.07) is 0. The average molecular weight is 661 g/mol. The Hall–Kier alpha value is 1.10. The van der Waals surface area contributed by atoms with Crippen molar-refractivity contribution < 1.29 is 87.6 Å². The van der Waals surface area contributed by atoms with Crippen LogP contribution >= 0.6 is 67.5 Å². The van der Waals surface area contributed by atoms with E-state index in [1.54, 1.807) is 0 Å². The van der Waals surface area contributed by atoms with Gasteiger partial charge in [0.05, 0.1) is 0 Å². The first-order valence-corrected chi connectivity index (χ1v) is 10.5. The van der Waals surface area contributed by atoms with Gasteiger partial charge in [0.15, 0.2) is 0 Å². The molecular weight excluding hydrogens is 641 g/mol. The highest BCUT2D eigenvalue weighted by molar-refractivity contribution is 7.80. The highest BCUT2D eigenvalue weighted by Crippen LogP contribution is 1.60. The summed E-state index contributed by atoms with van der Waals surface area (Å²) >= 11 is 0. The lowest BCUT2D eigenvalue weighted by Gasteiger charge is -1.68. The summed E-state index contributed by atoms with van der Waals surface area (Å²) < 4.78 is 158. The van der Waals surface area contributed by atoms with Crippen molar-refractivity contribution in [2.75, 3.05) is 0 Å². The van der Waals surface area contributed by atoms with E-state index < -0.39 is 52.0 Å². The molecule has 0 unspecified atom stereocenters. The summed E-state index contributed by atoms with van der Waals surface area (Å²) in [7, 11) is -23.3. The van der Waals surface area contributed by atoms with Gasteiger partial charge in [-0.1, -0.05) is 0 Å². The average Bonchev–Trinajstić information content (AvgIpc) is 1.79. The van der Waals surface area contributed by atoms with E-state index in [-0.39, 0.29) is 67.5 Å². The monoisotopic (exact) mass is 660 g/mol. The van der Waals surface area contributed by atoms with Gasteiger partial charge < -0.3 is 0 Å². The molecule has 30 heteroatoms. The van der Waals surface area contributed by atoms with Crippen LogP contribution in [0.5, 0.6) is 0 Å². The summed E-state index contributed by atoms with van der Waals surface area (Å²) in [5, 5.41) is 0. The second-order valence-electron chi connectivity index (χ2n) is 2.24. The molecule has 0 fully saturated rings. The lowest BCUT2D eigenvalue weighted by Crippen LogP contribution is -1.89. The zero-order valence-electron chi connectivity index (χ0n) is 13.1. The van der Waals surface area contributed by atoms with Crippen LogP contribution in [0.4, 0.5) is 0 Å². The van der Waals surface area contributed by atoms with Crippen LogP contribution < -0.4 is 0 Å². The van der Waals surface area contributed by atoms with E-state index in [4.69, 9.17) is 87.6 Å². The van der Waals surface area contributed by atoms with Gasteiger partial charge in [0.1, 0.15) is 0 Å². The summed E-state index contributed by atoms with van der Waals surface area (Å²) in [5.41, 5.74) is 0. The van der Waals surface area contributed by atoms with Gasteiger partial charge in [-0.05, 0) is 0 Å². The maximum absolute atomic E-state index is 8.74. The third-order valence-electron chi connectivity index (χ3n) is 0. The van der Waals surface area contributed by atoms with Crippen molar-refractivity contribution in [2.24, 2.45) is 0 Å². The van der Waals surface area contributed by atoms with E-state index in [0.29, 0.717) is 0 Å². The zero-order valence-corrected chi connectivity index (χ0v) is 22.2. The molecule has 0 amide bonds. The maximum Gasteiger partial charge on any atom is 0.394 e. The maximum atomic E-state index is 8.74. The van der Waals surface area contributed by atoms with Crippen molar-refractivity contribution in [2.45, 2.75) is 0 Å². The minimum Gasteiger partial charge on any atom is -0.264 e. The van der Waals surface area contributed by atoms with Crippen LogP contribution in [-0.4, -0.2) is 87.6 Å². The zero-order chi connectivity index (χ0) is 22.5. The van der Waals surface area contributed by atoms with E-state index in [9.17, 15) is 0 Å². The van der Waals surface area contributed by atoms with Gasteiger partial charge in [-0.2, -0.15) is 110 Å². The van der Waals surface area contributed by atoms with Gasteiger partial charge in [-0.15, -0.1) is 0 Å². The van der Waals surface area contributed by atoms with Crippen LogP contribution in [-0.2, 0) is 52.0 Å². The van der Waals surface area contributed by atoms with E-state index in [2.05, 4.69) is 0 Å². The Morgan fingerprint density at radius 1 is 0.233 bits per heavy atom. The van der Waals surface area contributed by atoms with Crippen LogP contribution in [0.2, 0.25) is 0 Å². The molecule has 20 nitrogen and oxygen atoms in total. The Balaban J connectivity index is -0.0000000200. The largest absolute Gasteiger partial charge is 0.394 e. The fraction of sp³-hybridized carbons (Fsp3) is 0. The molecule has 0 rings (SSSR count). The van der Waals surface area contributed by atoms with Crippen LogP contribution in [0.1, 0.15) is 0 Å². The van der Waals surface area contributed by atoms with Gasteiger partial charge >= 0.3 is 52.0 Å². The van der Waals surface area contributed by atoms with E-state index in [0.717, 1.165) is 0 Å². The molecule has 0 aliphatic heterocycles. The summed E-state index contributed by atoms with van der Waals surface area (Å²) in [6.07, 6.45) is 0. The Labute approximate surface area is 206 Å². The molecule has 0 aliphatic rings. The molecule has 0 saturated carbocycles. The minimum absolute atomic E-state index is 0. The summed E-state index contributed by atoms with van der Waals surface area (Å²) in [4.78, 5) is 0. The SMILES string of the molecule is O=S(=O)(O)O.O=S(=O)(O)O.O=S(=O)(O)O.O=S(=O)(O)O.O=S(=O)(O)O.S.S.S.S.S. The number of rotatable bonds is 0. The van der Waals surface area contributed by atoms with Gasteiger partial charge in [-0.25, -0.2) is 0 Å². The van der Waals surface area contributed by atoms with Crippen molar-refractivity contribution in [3.05, 3.63) is 0 Å². The molecule has 0 aromatic heterocycles. The van der Waals surface area contributed by atoms with E-state index >= 15 is 0 Å². The third-order valence-corrected chi connectivity index (χ3v) is 0. The molecule has 0 aliphatic carbocycles. The molecule has 10 N–H and O–H groups in total. The van der Waals surface area contributed by atoms with E-state index in [1.807, 2.05) is 0 Å². The van der Waals surface area contributed by atoms with Crippen molar-refractivity contribution in [3.8, 4) is 0 Å². The van der Waals surface area contributed by atoms with Crippen LogP contribution in [0, 0.1) is 0 Å². The standard InChI is InChI=1S/5H2O4S.5H2S/c5*1-5(2,3)4;;;;;/h5*(H2,1,2,3,4);5*1H2. The minimum atomic E-state index is -4.67. The van der Waals surface area contributed by atoms with Crippen molar-refractivity contribution in [1.82, 2.24) is 0 Å². The molecule has 0 bridgehead atoms. The Kier molecular flexibility index (Phi) is 55.6. The molecule has 0 atom stereocenters. The second-order valence-corrected chi connectivity index (χ2v) is 6.72. The van der Waals surface area contributed by atoms with E-state index in [1.165, 1.54) is 0 Å². The smallest absolute Gasteiger partial charge is 0.264 e. The molecular formula is H20O20S10. The van der Waals surface area contributed by atoms with Crippen LogP contribution in [0.15, 0.2) is 0 Å². The highest BCUT2D eigenvalue weighted by Gasteiger charge is 1.86. The summed E-state index contributed by atoms with van der Waals surface area (Å²) in [5.74, 6) is 0. The van der Waals surface area contributed by atoms with Gasteiger partial charge in [0.2, 0.25) is 0 Å². The highest BCUT2D eigenvalue weighted by atomic mass is 32.3. The fourth-order valence-electron chi connectivity index (χ4n) is 0. The van der Waals surface area contributed by atoms with Crippen molar-refractivity contribution in [1.29, 1.82) is 0 Å². The Morgan fingerprint density at radius 3 is 0.233 bits per heavy atom. The topological polar surface area (TPSA) is 373 Å². The molecule has 0 spiro atoms. The second kappa shape index (κ2) is 26.4. The molecule has 0 aromatic carbocycles. The first kappa shape index (κ1) is 63.3. The van der Waals surface area contributed by atoms with Crippen LogP contribution in [0.25, 0.3) is 0 Å². The van der Waals surface area contributed by atoms with Gasteiger partial charge in [0.25, 0.3) is 0 Å². The van der Waals surface area contributed by atoms with Gasteiger partial charge in [-0.3, -0.25) is 45.5 Å². The fourth-order valence-corrected chi connectivity index (χ4v) is 0. The molecule has 200 valence electrons. The third kappa shape index (κ3) is 19000. The van der Waals surface area contributed by atoms with Crippen molar-refractivity contribution >= 4 is 119 Å². The predicted molar refractivity (Wildman–Crippen MR) is 123 cm³/mol. The van der Waals surface area contributed by atoms with Crippen molar-refractivity contribution in [3.63, 3.8) is 0 Å². The molecule has 30 heavy (non-hydrogen) atoms. The van der Waals surface area contributed by atoms with Crippen LogP contribution in [0.3, 0.4) is 0 Å². The first-order chi connectivity index (χ1) is 10.0. The Morgan fingerprint density at radius 2 is 0.233 bits per heavy atom. The molecule has 0 saturated heterocycles.